The molecule has 4 nitrogen and oxygen atoms in total. The molecule has 0 saturated heterocycles. The van der Waals surface area contributed by atoms with Gasteiger partial charge in [0, 0.05) is 36.4 Å². The fraction of sp³-hybridized carbons (Fsp3) is 1.00. The summed E-state index contributed by atoms with van der Waals surface area (Å²) >= 11 is 0. The molecule has 0 aliphatic rings. The lowest BCUT2D eigenvalue weighted by Gasteiger charge is -2.37. The number of hydrogen-bond acceptors (Lipinski definition) is 4. The van der Waals surface area contributed by atoms with E-state index in [0.717, 1.165) is 32.7 Å². The zero-order chi connectivity index (χ0) is 15.9. The Morgan fingerprint density at radius 3 is 1.70 bits per heavy atom. The second-order valence-corrected chi connectivity index (χ2v) is 7.63. The highest BCUT2D eigenvalue weighted by Crippen LogP contribution is 2.18. The van der Waals surface area contributed by atoms with E-state index in [1.807, 2.05) is 20.8 Å². The Balaban J connectivity index is 4.03. The minimum absolute atomic E-state index is 0.0362. The fourth-order valence-electron chi connectivity index (χ4n) is 2.18. The van der Waals surface area contributed by atoms with Crippen LogP contribution < -0.4 is 11.1 Å². The summed E-state index contributed by atoms with van der Waals surface area (Å²) in [5.41, 5.74) is 5.74. The van der Waals surface area contributed by atoms with Crippen molar-refractivity contribution in [2.45, 2.75) is 77.9 Å². The van der Waals surface area contributed by atoms with Gasteiger partial charge in [-0.05, 0) is 61.3 Å². The number of nitrogens with two attached hydrogens (primary N) is 1. The number of nitrogens with one attached hydrogen (secondary N) is 1. The van der Waals surface area contributed by atoms with Gasteiger partial charge in [0.1, 0.15) is 0 Å². The summed E-state index contributed by atoms with van der Waals surface area (Å²) in [6.07, 6.45) is 1.96. The maximum atomic E-state index is 5.90. The van der Waals surface area contributed by atoms with Crippen LogP contribution in [0.4, 0.5) is 0 Å². The van der Waals surface area contributed by atoms with Crippen LogP contribution in [0.15, 0.2) is 0 Å². The molecule has 0 atom stereocenters. The van der Waals surface area contributed by atoms with Crippen LogP contribution in [0.1, 0.15) is 61.3 Å². The molecule has 0 unspecified atom stereocenters. The van der Waals surface area contributed by atoms with E-state index in [0.29, 0.717) is 6.61 Å². The summed E-state index contributed by atoms with van der Waals surface area (Å²) < 4.78 is 11.1. The van der Waals surface area contributed by atoms with Crippen LogP contribution in [-0.2, 0) is 9.47 Å². The topological polar surface area (TPSA) is 56.5 Å². The summed E-state index contributed by atoms with van der Waals surface area (Å²) in [6, 6.07) is 0. The van der Waals surface area contributed by atoms with E-state index >= 15 is 0 Å². The monoisotopic (exact) mass is 288 g/mol. The Bertz CT molecular complexity index is 258. The van der Waals surface area contributed by atoms with Crippen LogP contribution in [0.3, 0.4) is 0 Å². The van der Waals surface area contributed by atoms with Crippen LogP contribution in [0.25, 0.3) is 0 Å². The Morgan fingerprint density at radius 1 is 0.850 bits per heavy atom. The molecule has 0 aliphatic heterocycles. The van der Waals surface area contributed by atoms with Gasteiger partial charge in [-0.3, -0.25) is 0 Å². The normalized spacial score (nSPS) is 13.8. The van der Waals surface area contributed by atoms with Gasteiger partial charge in [0.25, 0.3) is 0 Å². The Hall–Kier alpha value is -0.160. The molecule has 0 aromatic rings. The van der Waals surface area contributed by atoms with E-state index in [1.165, 1.54) is 0 Å². The van der Waals surface area contributed by atoms with Crippen LogP contribution in [-0.4, -0.2) is 43.0 Å². The van der Waals surface area contributed by atoms with Gasteiger partial charge in [-0.1, -0.05) is 0 Å². The first kappa shape index (κ1) is 19.8. The number of hydrogen-bond donors (Lipinski definition) is 2. The van der Waals surface area contributed by atoms with Gasteiger partial charge in [-0.25, -0.2) is 0 Å². The van der Waals surface area contributed by atoms with Crippen molar-refractivity contribution < 1.29 is 9.47 Å². The summed E-state index contributed by atoms with van der Waals surface area (Å²) in [5, 5.41) is 3.70. The van der Waals surface area contributed by atoms with E-state index in [4.69, 9.17) is 15.2 Å². The zero-order valence-corrected chi connectivity index (χ0v) is 14.6. The van der Waals surface area contributed by atoms with E-state index < -0.39 is 0 Å². The van der Waals surface area contributed by atoms with Crippen LogP contribution in [0, 0.1) is 0 Å². The van der Waals surface area contributed by atoms with E-state index in [9.17, 15) is 0 Å². The summed E-state index contributed by atoms with van der Waals surface area (Å²) in [5.74, 6) is 0. The minimum Gasteiger partial charge on any atom is -0.382 e. The third-order valence-corrected chi connectivity index (χ3v) is 3.10. The van der Waals surface area contributed by atoms with Gasteiger partial charge < -0.3 is 20.5 Å². The number of rotatable bonds is 11. The molecule has 20 heavy (non-hydrogen) atoms. The van der Waals surface area contributed by atoms with Gasteiger partial charge >= 0.3 is 0 Å². The van der Waals surface area contributed by atoms with E-state index in [-0.39, 0.29) is 16.6 Å². The van der Waals surface area contributed by atoms with Crippen molar-refractivity contribution in [1.29, 1.82) is 0 Å². The Morgan fingerprint density at radius 2 is 1.30 bits per heavy atom. The maximum Gasteiger partial charge on any atom is 0.0640 e. The Kier molecular flexibility index (Phi) is 8.26. The highest BCUT2D eigenvalue weighted by molar-refractivity contribution is 4.88. The van der Waals surface area contributed by atoms with Gasteiger partial charge in [-0.2, -0.15) is 0 Å². The van der Waals surface area contributed by atoms with Crippen molar-refractivity contribution in [2.24, 2.45) is 5.73 Å². The predicted molar refractivity (Wildman–Crippen MR) is 86.1 cm³/mol. The number of ether oxygens (including phenoxy) is 2. The molecule has 0 aromatic heterocycles. The molecule has 0 rings (SSSR count). The average Bonchev–Trinajstić information content (AvgIpc) is 2.22. The van der Waals surface area contributed by atoms with Crippen LogP contribution >= 0.6 is 0 Å². The van der Waals surface area contributed by atoms with Gasteiger partial charge in [0.15, 0.2) is 0 Å². The molecular weight excluding hydrogens is 252 g/mol. The highest BCUT2D eigenvalue weighted by atomic mass is 16.5. The van der Waals surface area contributed by atoms with Gasteiger partial charge in [-0.15, -0.1) is 0 Å². The molecule has 0 bridgehead atoms. The van der Waals surface area contributed by atoms with Crippen molar-refractivity contribution in [2.75, 3.05) is 26.4 Å². The molecule has 0 saturated carbocycles. The molecular formula is C16H36N2O2. The molecule has 0 radical (unpaired) electrons. The smallest absolute Gasteiger partial charge is 0.0640 e. The molecule has 0 heterocycles. The molecule has 0 aliphatic carbocycles. The molecule has 3 N–H and O–H groups in total. The van der Waals surface area contributed by atoms with Gasteiger partial charge in [0.05, 0.1) is 6.61 Å². The molecule has 0 fully saturated rings. The quantitative estimate of drug-likeness (QED) is 0.574. The van der Waals surface area contributed by atoms with Crippen molar-refractivity contribution in [3.63, 3.8) is 0 Å². The standard InChI is InChI=1S/C16H36N2O2/c1-8-19-11-9-15(4,5)18-16(6,7)10-12-20-13-14(2,3)17/h18H,8-13,17H2,1-7H3. The Labute approximate surface area is 125 Å². The van der Waals surface area contributed by atoms with E-state index in [1.54, 1.807) is 0 Å². The first-order chi connectivity index (χ1) is 8.97. The van der Waals surface area contributed by atoms with E-state index in [2.05, 4.69) is 33.0 Å². The lowest BCUT2D eigenvalue weighted by Crippen LogP contribution is -2.53. The zero-order valence-electron chi connectivity index (χ0n) is 14.6. The van der Waals surface area contributed by atoms with Gasteiger partial charge in [0.2, 0.25) is 0 Å². The van der Waals surface area contributed by atoms with Crippen molar-refractivity contribution >= 4 is 0 Å². The highest BCUT2D eigenvalue weighted by Gasteiger charge is 2.27. The van der Waals surface area contributed by atoms with Crippen LogP contribution in [0.2, 0.25) is 0 Å². The largest absolute Gasteiger partial charge is 0.382 e. The van der Waals surface area contributed by atoms with Crippen LogP contribution in [0.5, 0.6) is 0 Å². The SMILES string of the molecule is CCOCCC(C)(C)NC(C)(C)CCOCC(C)(C)N. The molecule has 4 heteroatoms. The molecule has 0 spiro atoms. The maximum absolute atomic E-state index is 5.90. The summed E-state index contributed by atoms with van der Waals surface area (Å²) in [6.45, 7) is 17.8. The third kappa shape index (κ3) is 11.6. The second-order valence-electron chi connectivity index (χ2n) is 7.63. The summed E-state index contributed by atoms with van der Waals surface area (Å²) in [4.78, 5) is 0. The lowest BCUT2D eigenvalue weighted by molar-refractivity contribution is 0.0718. The first-order valence-electron chi connectivity index (χ1n) is 7.71. The van der Waals surface area contributed by atoms with Crippen molar-refractivity contribution in [1.82, 2.24) is 5.32 Å². The average molecular weight is 288 g/mol. The molecule has 122 valence electrons. The first-order valence-corrected chi connectivity index (χ1v) is 7.71. The minimum atomic E-state index is -0.256. The fourth-order valence-corrected chi connectivity index (χ4v) is 2.18. The molecule has 0 amide bonds. The lowest BCUT2D eigenvalue weighted by atomic mass is 9.92. The second kappa shape index (κ2) is 8.32. The van der Waals surface area contributed by atoms with Crippen molar-refractivity contribution in [3.05, 3.63) is 0 Å². The summed E-state index contributed by atoms with van der Waals surface area (Å²) in [7, 11) is 0. The van der Waals surface area contributed by atoms with Crippen molar-refractivity contribution in [3.8, 4) is 0 Å². The molecule has 0 aromatic carbocycles. The predicted octanol–water partition coefficient (Wildman–Crippen LogP) is 2.70. The third-order valence-electron chi connectivity index (χ3n) is 3.10.